The van der Waals surface area contributed by atoms with Crippen molar-refractivity contribution in [1.29, 1.82) is 0 Å². The zero-order chi connectivity index (χ0) is 12.4. The van der Waals surface area contributed by atoms with Gasteiger partial charge < -0.3 is 10.1 Å². The van der Waals surface area contributed by atoms with Crippen LogP contribution in [0, 0.1) is 0 Å². The highest BCUT2D eigenvalue weighted by molar-refractivity contribution is 4.55. The lowest BCUT2D eigenvalue weighted by molar-refractivity contribution is -0.138. The van der Waals surface area contributed by atoms with Crippen LogP contribution in [0.1, 0.15) is 39.5 Å². The third kappa shape index (κ3) is 11.8. The Labute approximate surface area is 95.5 Å². The summed E-state index contributed by atoms with van der Waals surface area (Å²) in [5.41, 5.74) is 0. The minimum absolute atomic E-state index is 0.0480. The van der Waals surface area contributed by atoms with Crippen LogP contribution in [0.25, 0.3) is 0 Å². The summed E-state index contributed by atoms with van der Waals surface area (Å²) in [5, 5.41) is 3.19. The zero-order valence-corrected chi connectivity index (χ0v) is 10.1. The van der Waals surface area contributed by atoms with Crippen LogP contribution in [-0.2, 0) is 4.74 Å². The van der Waals surface area contributed by atoms with Gasteiger partial charge in [0.1, 0.15) is 0 Å². The largest absolute Gasteiger partial charge is 0.389 e. The Morgan fingerprint density at radius 1 is 1.25 bits per heavy atom. The van der Waals surface area contributed by atoms with Crippen LogP contribution in [0.2, 0.25) is 0 Å². The molecule has 0 aromatic carbocycles. The van der Waals surface area contributed by atoms with Gasteiger partial charge in [-0.05, 0) is 39.3 Å². The number of halogens is 3. The first-order chi connectivity index (χ1) is 7.45. The average molecular weight is 241 g/mol. The zero-order valence-electron chi connectivity index (χ0n) is 10.1. The van der Waals surface area contributed by atoms with Crippen LogP contribution in [0.4, 0.5) is 13.2 Å². The van der Waals surface area contributed by atoms with Crippen molar-refractivity contribution in [2.75, 3.05) is 19.7 Å². The SMILES string of the molecule is CCNCCCC(C)OCCCC(F)(F)F. The van der Waals surface area contributed by atoms with Crippen molar-refractivity contribution < 1.29 is 17.9 Å². The van der Waals surface area contributed by atoms with Crippen LogP contribution < -0.4 is 5.32 Å². The summed E-state index contributed by atoms with van der Waals surface area (Å²) < 4.78 is 40.7. The quantitative estimate of drug-likeness (QED) is 0.626. The van der Waals surface area contributed by atoms with Gasteiger partial charge in [-0.25, -0.2) is 0 Å². The number of alkyl halides is 3. The minimum atomic E-state index is -4.06. The predicted molar refractivity (Wildman–Crippen MR) is 58.5 cm³/mol. The molecule has 0 radical (unpaired) electrons. The molecule has 0 saturated heterocycles. The number of hydrogen-bond donors (Lipinski definition) is 1. The summed E-state index contributed by atoms with van der Waals surface area (Å²) in [6, 6.07) is 0. The van der Waals surface area contributed by atoms with Gasteiger partial charge in [-0.3, -0.25) is 0 Å². The first kappa shape index (κ1) is 15.7. The van der Waals surface area contributed by atoms with Crippen LogP contribution in [0.3, 0.4) is 0 Å². The number of hydrogen-bond acceptors (Lipinski definition) is 2. The molecule has 0 aliphatic carbocycles. The van der Waals surface area contributed by atoms with Gasteiger partial charge in [0.05, 0.1) is 6.10 Å². The van der Waals surface area contributed by atoms with E-state index in [0.717, 1.165) is 25.9 Å². The summed E-state index contributed by atoms with van der Waals surface area (Å²) in [7, 11) is 0. The Kier molecular flexibility index (Phi) is 8.66. The molecule has 1 atom stereocenters. The first-order valence-electron chi connectivity index (χ1n) is 5.84. The first-order valence-corrected chi connectivity index (χ1v) is 5.84. The molecule has 0 spiro atoms. The molecule has 0 heterocycles. The molecule has 0 fully saturated rings. The second kappa shape index (κ2) is 8.82. The van der Waals surface area contributed by atoms with Gasteiger partial charge >= 0.3 is 6.18 Å². The monoisotopic (exact) mass is 241 g/mol. The number of ether oxygens (including phenoxy) is 1. The summed E-state index contributed by atoms with van der Waals surface area (Å²) in [4.78, 5) is 0. The van der Waals surface area contributed by atoms with Crippen LogP contribution in [0.15, 0.2) is 0 Å². The van der Waals surface area contributed by atoms with E-state index < -0.39 is 12.6 Å². The lowest BCUT2D eigenvalue weighted by Gasteiger charge is -2.13. The van der Waals surface area contributed by atoms with Crippen molar-refractivity contribution >= 4 is 0 Å². The topological polar surface area (TPSA) is 21.3 Å². The van der Waals surface area contributed by atoms with Gasteiger partial charge in [-0.2, -0.15) is 13.2 Å². The van der Waals surface area contributed by atoms with Crippen molar-refractivity contribution in [3.8, 4) is 0 Å². The Bertz CT molecular complexity index is 162. The van der Waals surface area contributed by atoms with E-state index in [4.69, 9.17) is 4.74 Å². The summed E-state index contributed by atoms with van der Waals surface area (Å²) in [6.07, 6.45) is -2.82. The smallest absolute Gasteiger partial charge is 0.379 e. The molecular formula is C11H22F3NO. The van der Waals surface area contributed by atoms with Crippen LogP contribution >= 0.6 is 0 Å². The molecule has 0 rings (SSSR count). The van der Waals surface area contributed by atoms with E-state index in [1.807, 2.05) is 13.8 Å². The molecule has 16 heavy (non-hydrogen) atoms. The third-order valence-corrected chi connectivity index (χ3v) is 2.22. The van der Waals surface area contributed by atoms with E-state index >= 15 is 0 Å². The fourth-order valence-corrected chi connectivity index (χ4v) is 1.33. The Hall–Kier alpha value is -0.290. The molecule has 0 saturated carbocycles. The molecule has 1 unspecified atom stereocenters. The molecule has 0 aromatic rings. The van der Waals surface area contributed by atoms with Gasteiger partial charge in [-0.15, -0.1) is 0 Å². The van der Waals surface area contributed by atoms with Crippen molar-refractivity contribution in [3.63, 3.8) is 0 Å². The summed E-state index contributed by atoms with van der Waals surface area (Å²) >= 11 is 0. The molecule has 0 bridgehead atoms. The lowest BCUT2D eigenvalue weighted by atomic mass is 10.2. The molecule has 98 valence electrons. The van der Waals surface area contributed by atoms with Gasteiger partial charge in [0.15, 0.2) is 0 Å². The van der Waals surface area contributed by atoms with Crippen molar-refractivity contribution in [2.45, 2.75) is 51.8 Å². The number of rotatable bonds is 9. The van der Waals surface area contributed by atoms with E-state index in [2.05, 4.69) is 5.32 Å². The van der Waals surface area contributed by atoms with E-state index in [0.29, 0.717) is 0 Å². The maximum absolute atomic E-state index is 11.8. The molecular weight excluding hydrogens is 219 g/mol. The van der Waals surface area contributed by atoms with Gasteiger partial charge in [0.25, 0.3) is 0 Å². The third-order valence-electron chi connectivity index (χ3n) is 2.22. The van der Waals surface area contributed by atoms with E-state index in [1.165, 1.54) is 0 Å². The van der Waals surface area contributed by atoms with E-state index in [-0.39, 0.29) is 19.1 Å². The van der Waals surface area contributed by atoms with Crippen molar-refractivity contribution in [1.82, 2.24) is 5.32 Å². The van der Waals surface area contributed by atoms with Gasteiger partial charge in [-0.1, -0.05) is 6.92 Å². The standard InChI is InChI=1S/C11H22F3NO/c1-3-15-8-4-6-10(2)16-9-5-7-11(12,13)14/h10,15H,3-9H2,1-2H3. The fraction of sp³-hybridized carbons (Fsp3) is 1.00. The van der Waals surface area contributed by atoms with Gasteiger partial charge in [0, 0.05) is 13.0 Å². The molecule has 0 aliphatic rings. The lowest BCUT2D eigenvalue weighted by Crippen LogP contribution is -2.17. The highest BCUT2D eigenvalue weighted by Crippen LogP contribution is 2.21. The molecule has 5 heteroatoms. The minimum Gasteiger partial charge on any atom is -0.379 e. The Balaban J connectivity index is 3.27. The Morgan fingerprint density at radius 2 is 1.94 bits per heavy atom. The van der Waals surface area contributed by atoms with Crippen molar-refractivity contribution in [2.24, 2.45) is 0 Å². The summed E-state index contributed by atoms with van der Waals surface area (Å²) in [6.45, 7) is 6.02. The van der Waals surface area contributed by atoms with E-state index in [1.54, 1.807) is 0 Å². The highest BCUT2D eigenvalue weighted by Gasteiger charge is 2.26. The Morgan fingerprint density at radius 3 is 2.50 bits per heavy atom. The molecule has 0 aromatic heterocycles. The number of nitrogens with one attached hydrogen (secondary N) is 1. The second-order valence-corrected chi connectivity index (χ2v) is 3.90. The van der Waals surface area contributed by atoms with E-state index in [9.17, 15) is 13.2 Å². The summed E-state index contributed by atoms with van der Waals surface area (Å²) in [5.74, 6) is 0. The maximum atomic E-state index is 11.8. The molecule has 1 N–H and O–H groups in total. The molecule has 0 aliphatic heterocycles. The second-order valence-electron chi connectivity index (χ2n) is 3.90. The highest BCUT2D eigenvalue weighted by atomic mass is 19.4. The van der Waals surface area contributed by atoms with Crippen LogP contribution in [0.5, 0.6) is 0 Å². The molecule has 2 nitrogen and oxygen atoms in total. The average Bonchev–Trinajstić information content (AvgIpc) is 2.18. The van der Waals surface area contributed by atoms with Crippen molar-refractivity contribution in [3.05, 3.63) is 0 Å². The van der Waals surface area contributed by atoms with Gasteiger partial charge in [0.2, 0.25) is 0 Å². The molecule has 0 amide bonds. The predicted octanol–water partition coefficient (Wildman–Crippen LogP) is 3.12. The fourth-order valence-electron chi connectivity index (χ4n) is 1.33. The maximum Gasteiger partial charge on any atom is 0.389 e. The van der Waals surface area contributed by atoms with Crippen LogP contribution in [-0.4, -0.2) is 32.0 Å². The normalized spacial score (nSPS) is 14.1.